The molecule has 0 aliphatic rings. The van der Waals surface area contributed by atoms with Crippen molar-refractivity contribution >= 4 is 11.9 Å². The van der Waals surface area contributed by atoms with Crippen molar-refractivity contribution in [3.8, 4) is 0 Å². The lowest BCUT2D eigenvalue weighted by Crippen LogP contribution is -2.35. The van der Waals surface area contributed by atoms with Crippen LogP contribution in [0.5, 0.6) is 0 Å². The van der Waals surface area contributed by atoms with Crippen molar-refractivity contribution < 1.29 is 19.1 Å². The number of hydrogen-bond acceptors (Lipinski definition) is 3. The molecule has 0 spiro atoms. The highest BCUT2D eigenvalue weighted by atomic mass is 16.4. The first kappa shape index (κ1) is 12.0. The number of rotatable bonds is 5. The number of furan rings is 1. The van der Waals surface area contributed by atoms with E-state index in [2.05, 4.69) is 6.58 Å². The van der Waals surface area contributed by atoms with E-state index >= 15 is 0 Å². The maximum atomic E-state index is 11.8. The van der Waals surface area contributed by atoms with Crippen LogP contribution < -0.4 is 0 Å². The minimum Gasteiger partial charge on any atom is -0.480 e. The Morgan fingerprint density at radius 3 is 2.69 bits per heavy atom. The van der Waals surface area contributed by atoms with Gasteiger partial charge in [-0.2, -0.15) is 0 Å². The van der Waals surface area contributed by atoms with E-state index in [9.17, 15) is 9.59 Å². The van der Waals surface area contributed by atoms with Gasteiger partial charge in [0.25, 0.3) is 5.91 Å². The lowest BCUT2D eigenvalue weighted by atomic mass is 10.3. The molecule has 86 valence electrons. The SMILES string of the molecule is C=CCN(CC(=O)O)C(=O)c1ccc(C)o1. The van der Waals surface area contributed by atoms with Gasteiger partial charge in [0.2, 0.25) is 0 Å². The van der Waals surface area contributed by atoms with Crippen LogP contribution in [0.25, 0.3) is 0 Å². The Labute approximate surface area is 93.0 Å². The van der Waals surface area contributed by atoms with E-state index in [1.807, 2.05) is 0 Å². The lowest BCUT2D eigenvalue weighted by Gasteiger charge is -2.16. The van der Waals surface area contributed by atoms with Crippen molar-refractivity contribution in [2.45, 2.75) is 6.92 Å². The van der Waals surface area contributed by atoms with Gasteiger partial charge < -0.3 is 14.4 Å². The fourth-order valence-electron chi connectivity index (χ4n) is 1.24. The van der Waals surface area contributed by atoms with E-state index in [0.29, 0.717) is 5.76 Å². The summed E-state index contributed by atoms with van der Waals surface area (Å²) in [6.45, 7) is 4.99. The molecule has 1 N–H and O–H groups in total. The first-order chi connectivity index (χ1) is 7.54. The highest BCUT2D eigenvalue weighted by Crippen LogP contribution is 2.09. The summed E-state index contributed by atoms with van der Waals surface area (Å²) in [6.07, 6.45) is 1.47. The van der Waals surface area contributed by atoms with Gasteiger partial charge in [-0.25, -0.2) is 0 Å². The fourth-order valence-corrected chi connectivity index (χ4v) is 1.24. The van der Waals surface area contributed by atoms with E-state index in [4.69, 9.17) is 9.52 Å². The molecule has 5 heteroatoms. The smallest absolute Gasteiger partial charge is 0.323 e. The second-order valence-corrected chi connectivity index (χ2v) is 3.28. The number of carbonyl (C=O) groups excluding carboxylic acids is 1. The molecule has 0 aliphatic heterocycles. The van der Waals surface area contributed by atoms with Gasteiger partial charge in [0.1, 0.15) is 12.3 Å². The van der Waals surface area contributed by atoms with Gasteiger partial charge in [-0.05, 0) is 19.1 Å². The Bertz CT molecular complexity index is 408. The van der Waals surface area contributed by atoms with Crippen LogP contribution in [0.4, 0.5) is 0 Å². The van der Waals surface area contributed by atoms with Crippen LogP contribution in [0.2, 0.25) is 0 Å². The van der Waals surface area contributed by atoms with Gasteiger partial charge in [-0.15, -0.1) is 6.58 Å². The molecule has 1 aromatic heterocycles. The summed E-state index contributed by atoms with van der Waals surface area (Å²) < 4.78 is 5.14. The Morgan fingerprint density at radius 2 is 2.25 bits per heavy atom. The van der Waals surface area contributed by atoms with Crippen molar-refractivity contribution in [2.75, 3.05) is 13.1 Å². The predicted molar refractivity (Wildman–Crippen MR) is 57.2 cm³/mol. The minimum absolute atomic E-state index is 0.139. The first-order valence-electron chi connectivity index (χ1n) is 4.73. The first-order valence-corrected chi connectivity index (χ1v) is 4.73. The van der Waals surface area contributed by atoms with Crippen LogP contribution in [0, 0.1) is 6.92 Å². The van der Waals surface area contributed by atoms with Crippen LogP contribution in [-0.2, 0) is 4.79 Å². The number of carboxylic acid groups (broad SMARTS) is 1. The normalized spacial score (nSPS) is 9.81. The standard InChI is InChI=1S/C11H13NO4/c1-3-6-12(7-10(13)14)11(15)9-5-4-8(2)16-9/h3-5H,1,6-7H2,2H3,(H,13,14). The molecule has 5 nitrogen and oxygen atoms in total. The Morgan fingerprint density at radius 1 is 1.56 bits per heavy atom. The molecule has 1 amide bonds. The van der Waals surface area contributed by atoms with Crippen molar-refractivity contribution in [1.29, 1.82) is 0 Å². The third kappa shape index (κ3) is 2.98. The third-order valence-electron chi connectivity index (χ3n) is 1.91. The molecule has 0 saturated carbocycles. The molecule has 0 bridgehead atoms. The molecule has 0 aliphatic carbocycles. The molecule has 1 rings (SSSR count). The van der Waals surface area contributed by atoms with Gasteiger partial charge in [0.05, 0.1) is 0 Å². The van der Waals surface area contributed by atoms with Crippen LogP contribution in [0.3, 0.4) is 0 Å². The summed E-state index contributed by atoms with van der Waals surface area (Å²) in [5, 5.41) is 8.65. The predicted octanol–water partition coefficient (Wildman–Crippen LogP) is 1.30. The molecular weight excluding hydrogens is 210 g/mol. The zero-order chi connectivity index (χ0) is 12.1. The largest absolute Gasteiger partial charge is 0.480 e. The highest BCUT2D eigenvalue weighted by Gasteiger charge is 2.19. The third-order valence-corrected chi connectivity index (χ3v) is 1.91. The molecule has 0 saturated heterocycles. The number of aliphatic carboxylic acids is 1. The maximum Gasteiger partial charge on any atom is 0.323 e. The van der Waals surface area contributed by atoms with Crippen molar-refractivity contribution in [3.63, 3.8) is 0 Å². The van der Waals surface area contributed by atoms with Crippen LogP contribution >= 0.6 is 0 Å². The monoisotopic (exact) mass is 223 g/mol. The molecule has 16 heavy (non-hydrogen) atoms. The number of carboxylic acids is 1. The average Bonchev–Trinajstić information content (AvgIpc) is 2.62. The Kier molecular flexibility index (Phi) is 3.88. The number of nitrogens with zero attached hydrogens (tertiary/aromatic N) is 1. The second-order valence-electron chi connectivity index (χ2n) is 3.28. The van der Waals surface area contributed by atoms with Gasteiger partial charge in [0, 0.05) is 6.54 Å². The molecular formula is C11H13NO4. The summed E-state index contributed by atoms with van der Waals surface area (Å²) in [4.78, 5) is 23.5. The van der Waals surface area contributed by atoms with E-state index in [1.54, 1.807) is 13.0 Å². The zero-order valence-electron chi connectivity index (χ0n) is 8.97. The number of carbonyl (C=O) groups is 2. The van der Waals surface area contributed by atoms with Crippen molar-refractivity contribution in [3.05, 3.63) is 36.3 Å². The summed E-state index contributed by atoms with van der Waals surface area (Å²) in [5.41, 5.74) is 0. The van der Waals surface area contributed by atoms with E-state index in [0.717, 1.165) is 4.90 Å². The van der Waals surface area contributed by atoms with Gasteiger partial charge in [0.15, 0.2) is 5.76 Å². The number of aryl methyl sites for hydroxylation is 1. The van der Waals surface area contributed by atoms with Crippen molar-refractivity contribution in [2.24, 2.45) is 0 Å². The summed E-state index contributed by atoms with van der Waals surface area (Å²) in [7, 11) is 0. The molecule has 1 heterocycles. The summed E-state index contributed by atoms with van der Waals surface area (Å²) >= 11 is 0. The van der Waals surface area contributed by atoms with E-state index in [-0.39, 0.29) is 18.8 Å². The topological polar surface area (TPSA) is 70.8 Å². The summed E-state index contributed by atoms with van der Waals surface area (Å²) in [5.74, 6) is -0.772. The quantitative estimate of drug-likeness (QED) is 0.764. The molecule has 0 radical (unpaired) electrons. The lowest BCUT2D eigenvalue weighted by molar-refractivity contribution is -0.137. The molecule has 0 unspecified atom stereocenters. The van der Waals surface area contributed by atoms with Gasteiger partial charge in [-0.1, -0.05) is 6.08 Å². The summed E-state index contributed by atoms with van der Waals surface area (Å²) in [6, 6.07) is 3.18. The number of amides is 1. The Hall–Kier alpha value is -2.04. The van der Waals surface area contributed by atoms with Gasteiger partial charge >= 0.3 is 5.97 Å². The highest BCUT2D eigenvalue weighted by molar-refractivity contribution is 5.93. The minimum atomic E-state index is -1.07. The van der Waals surface area contributed by atoms with Crippen molar-refractivity contribution in [1.82, 2.24) is 4.90 Å². The molecule has 1 aromatic rings. The van der Waals surface area contributed by atoms with E-state index in [1.165, 1.54) is 12.1 Å². The average molecular weight is 223 g/mol. The van der Waals surface area contributed by atoms with Crippen LogP contribution in [-0.4, -0.2) is 35.0 Å². The molecule has 0 atom stereocenters. The Balaban J connectivity index is 2.81. The van der Waals surface area contributed by atoms with Crippen LogP contribution in [0.1, 0.15) is 16.3 Å². The second kappa shape index (κ2) is 5.16. The zero-order valence-corrected chi connectivity index (χ0v) is 8.97. The van der Waals surface area contributed by atoms with Crippen LogP contribution in [0.15, 0.2) is 29.2 Å². The molecule has 0 aromatic carbocycles. The van der Waals surface area contributed by atoms with Gasteiger partial charge in [-0.3, -0.25) is 9.59 Å². The molecule has 0 fully saturated rings. The van der Waals surface area contributed by atoms with E-state index < -0.39 is 11.9 Å². The fraction of sp³-hybridized carbons (Fsp3) is 0.273. The number of hydrogen-bond donors (Lipinski definition) is 1. The maximum absolute atomic E-state index is 11.8.